The number of halogens is 1. The SMILES string of the molecule is CN(C)C(CN=C(N)Nc1ccc2c(c1)CCC2)C1CC1.I. The zero-order chi connectivity index (χ0) is 14.8. The molecule has 0 amide bonds. The monoisotopic (exact) mass is 414 g/mol. The van der Waals surface area contributed by atoms with Gasteiger partial charge in [-0.05, 0) is 75.4 Å². The van der Waals surface area contributed by atoms with Gasteiger partial charge in [0.15, 0.2) is 5.96 Å². The minimum atomic E-state index is 0. The molecule has 0 radical (unpaired) electrons. The van der Waals surface area contributed by atoms with Gasteiger partial charge in [0.05, 0.1) is 6.54 Å². The maximum Gasteiger partial charge on any atom is 0.193 e. The molecular formula is C17H27IN4. The quantitative estimate of drug-likeness (QED) is 0.443. The van der Waals surface area contributed by atoms with Gasteiger partial charge >= 0.3 is 0 Å². The molecule has 2 aliphatic carbocycles. The Balaban J connectivity index is 0.00000176. The maximum absolute atomic E-state index is 6.04. The summed E-state index contributed by atoms with van der Waals surface area (Å²) in [6.07, 6.45) is 6.33. The van der Waals surface area contributed by atoms with E-state index in [9.17, 15) is 0 Å². The topological polar surface area (TPSA) is 53.6 Å². The van der Waals surface area contributed by atoms with E-state index in [-0.39, 0.29) is 24.0 Å². The van der Waals surface area contributed by atoms with Crippen molar-refractivity contribution in [3.63, 3.8) is 0 Å². The van der Waals surface area contributed by atoms with Crippen LogP contribution in [0.1, 0.15) is 30.4 Å². The Hall–Kier alpha value is -0.820. The number of aliphatic imine (C=N–C) groups is 1. The molecule has 4 nitrogen and oxygen atoms in total. The van der Waals surface area contributed by atoms with E-state index in [1.165, 1.54) is 43.2 Å². The zero-order valence-corrected chi connectivity index (χ0v) is 15.8. The number of hydrogen-bond acceptors (Lipinski definition) is 2. The Kier molecular flexibility index (Phi) is 6.09. The fraction of sp³-hybridized carbons (Fsp3) is 0.588. The molecule has 2 aliphatic rings. The first-order valence-electron chi connectivity index (χ1n) is 7.98. The van der Waals surface area contributed by atoms with Crippen molar-refractivity contribution in [1.29, 1.82) is 0 Å². The van der Waals surface area contributed by atoms with Gasteiger partial charge in [0.1, 0.15) is 0 Å². The first kappa shape index (κ1) is 17.5. The molecule has 5 heteroatoms. The van der Waals surface area contributed by atoms with Crippen molar-refractivity contribution in [2.24, 2.45) is 16.6 Å². The number of guanidine groups is 1. The highest BCUT2D eigenvalue weighted by Crippen LogP contribution is 2.34. The summed E-state index contributed by atoms with van der Waals surface area (Å²) in [6.45, 7) is 0.779. The van der Waals surface area contributed by atoms with Gasteiger partial charge in [-0.15, -0.1) is 24.0 Å². The van der Waals surface area contributed by atoms with Crippen LogP contribution in [0.3, 0.4) is 0 Å². The van der Waals surface area contributed by atoms with Crippen molar-refractivity contribution in [3.8, 4) is 0 Å². The van der Waals surface area contributed by atoms with Gasteiger partial charge in [-0.25, -0.2) is 0 Å². The minimum Gasteiger partial charge on any atom is -0.370 e. The predicted octanol–water partition coefficient (Wildman–Crippen LogP) is 2.86. The van der Waals surface area contributed by atoms with Crippen LogP contribution in [0.25, 0.3) is 0 Å². The van der Waals surface area contributed by atoms with Crippen molar-refractivity contribution < 1.29 is 0 Å². The van der Waals surface area contributed by atoms with Crippen LogP contribution in [0.5, 0.6) is 0 Å². The lowest BCUT2D eigenvalue weighted by Gasteiger charge is -2.22. The number of rotatable bonds is 5. The van der Waals surface area contributed by atoms with E-state index in [0.29, 0.717) is 12.0 Å². The van der Waals surface area contributed by atoms with Gasteiger partial charge in [0.25, 0.3) is 0 Å². The van der Waals surface area contributed by atoms with E-state index in [1.54, 1.807) is 0 Å². The van der Waals surface area contributed by atoms with Crippen LogP contribution in [0.15, 0.2) is 23.2 Å². The maximum atomic E-state index is 6.04. The molecule has 1 aromatic rings. The summed E-state index contributed by atoms with van der Waals surface area (Å²) in [5.74, 6) is 1.33. The summed E-state index contributed by atoms with van der Waals surface area (Å²) in [5, 5.41) is 3.23. The van der Waals surface area contributed by atoms with Crippen molar-refractivity contribution >= 4 is 35.6 Å². The van der Waals surface area contributed by atoms with Gasteiger partial charge < -0.3 is 16.0 Å². The molecule has 3 N–H and O–H groups in total. The molecule has 122 valence electrons. The summed E-state index contributed by atoms with van der Waals surface area (Å²) in [4.78, 5) is 6.81. The van der Waals surface area contributed by atoms with Crippen molar-refractivity contribution in [2.75, 3.05) is 26.0 Å². The first-order valence-corrected chi connectivity index (χ1v) is 7.98. The molecule has 0 bridgehead atoms. The van der Waals surface area contributed by atoms with Crippen LogP contribution in [0.4, 0.5) is 5.69 Å². The van der Waals surface area contributed by atoms with Crippen LogP contribution in [0.2, 0.25) is 0 Å². The Bertz CT molecular complexity index is 535. The van der Waals surface area contributed by atoms with E-state index in [0.717, 1.165) is 18.2 Å². The Labute approximate surface area is 150 Å². The number of nitrogens with one attached hydrogen (secondary N) is 1. The van der Waals surface area contributed by atoms with E-state index in [1.807, 2.05) is 0 Å². The molecule has 0 spiro atoms. The minimum absolute atomic E-state index is 0. The molecule has 1 unspecified atom stereocenters. The highest BCUT2D eigenvalue weighted by atomic mass is 127. The number of anilines is 1. The molecule has 0 saturated heterocycles. The molecule has 1 fully saturated rings. The number of hydrogen-bond donors (Lipinski definition) is 2. The molecule has 1 atom stereocenters. The van der Waals surface area contributed by atoms with Gasteiger partial charge in [-0.1, -0.05) is 6.07 Å². The smallest absolute Gasteiger partial charge is 0.193 e. The van der Waals surface area contributed by atoms with Gasteiger partial charge in [0.2, 0.25) is 0 Å². The molecule has 0 aromatic heterocycles. The van der Waals surface area contributed by atoms with Crippen molar-refractivity contribution in [3.05, 3.63) is 29.3 Å². The third-order valence-corrected chi connectivity index (χ3v) is 4.65. The van der Waals surface area contributed by atoms with E-state index < -0.39 is 0 Å². The second-order valence-corrected chi connectivity index (χ2v) is 6.56. The van der Waals surface area contributed by atoms with Crippen LogP contribution in [-0.4, -0.2) is 37.5 Å². The molecule has 1 saturated carbocycles. The Morgan fingerprint density at radius 3 is 2.73 bits per heavy atom. The summed E-state index contributed by atoms with van der Waals surface area (Å²) in [5.41, 5.74) is 10.0. The predicted molar refractivity (Wildman–Crippen MR) is 104 cm³/mol. The highest BCUT2D eigenvalue weighted by Gasteiger charge is 2.32. The number of aryl methyl sites for hydroxylation is 2. The van der Waals surface area contributed by atoms with E-state index in [4.69, 9.17) is 5.73 Å². The normalized spacial score (nSPS) is 18.8. The number of likely N-dealkylation sites (N-methyl/N-ethyl adjacent to an activating group) is 1. The third kappa shape index (κ3) is 4.35. The summed E-state index contributed by atoms with van der Waals surface area (Å²) in [6, 6.07) is 7.06. The third-order valence-electron chi connectivity index (χ3n) is 4.65. The van der Waals surface area contributed by atoms with E-state index in [2.05, 4.69) is 47.5 Å². The van der Waals surface area contributed by atoms with Gasteiger partial charge in [0, 0.05) is 11.7 Å². The summed E-state index contributed by atoms with van der Waals surface area (Å²) in [7, 11) is 4.26. The fourth-order valence-electron chi connectivity index (χ4n) is 3.24. The summed E-state index contributed by atoms with van der Waals surface area (Å²) < 4.78 is 0. The zero-order valence-electron chi connectivity index (χ0n) is 13.5. The molecule has 3 rings (SSSR count). The largest absolute Gasteiger partial charge is 0.370 e. The average molecular weight is 414 g/mol. The standard InChI is InChI=1S/C17H26N4.HI/c1-21(2)16(13-6-7-13)11-19-17(18)20-15-9-8-12-4-3-5-14(12)10-15;/h8-10,13,16H,3-7,11H2,1-2H3,(H3,18,19,20);1H. The van der Waals surface area contributed by atoms with Crippen molar-refractivity contribution in [1.82, 2.24) is 4.90 Å². The van der Waals surface area contributed by atoms with Gasteiger partial charge in [-0.3, -0.25) is 4.99 Å². The van der Waals surface area contributed by atoms with Crippen LogP contribution >= 0.6 is 24.0 Å². The van der Waals surface area contributed by atoms with Crippen LogP contribution < -0.4 is 11.1 Å². The Morgan fingerprint density at radius 1 is 1.32 bits per heavy atom. The molecule has 1 aromatic carbocycles. The fourth-order valence-corrected chi connectivity index (χ4v) is 3.24. The average Bonchev–Trinajstić information content (AvgIpc) is 3.16. The second kappa shape index (κ2) is 7.64. The highest BCUT2D eigenvalue weighted by molar-refractivity contribution is 14.0. The molecule has 22 heavy (non-hydrogen) atoms. The number of benzene rings is 1. The summed E-state index contributed by atoms with van der Waals surface area (Å²) >= 11 is 0. The lowest BCUT2D eigenvalue weighted by molar-refractivity contribution is 0.271. The van der Waals surface area contributed by atoms with Crippen LogP contribution in [0, 0.1) is 5.92 Å². The number of nitrogens with zero attached hydrogens (tertiary/aromatic N) is 2. The van der Waals surface area contributed by atoms with Crippen LogP contribution in [-0.2, 0) is 12.8 Å². The number of nitrogens with two attached hydrogens (primary N) is 1. The van der Waals surface area contributed by atoms with E-state index >= 15 is 0 Å². The second-order valence-electron chi connectivity index (χ2n) is 6.56. The first-order chi connectivity index (χ1) is 10.1. The molecule has 0 heterocycles. The lowest BCUT2D eigenvalue weighted by Crippen LogP contribution is -2.34. The number of fused-ring (bicyclic) bond motifs is 1. The molecule has 0 aliphatic heterocycles. The van der Waals surface area contributed by atoms with Crippen molar-refractivity contribution in [2.45, 2.75) is 38.1 Å². The van der Waals surface area contributed by atoms with Gasteiger partial charge in [-0.2, -0.15) is 0 Å². The lowest BCUT2D eigenvalue weighted by atomic mass is 10.1. The Morgan fingerprint density at radius 2 is 2.05 bits per heavy atom. The molecular weight excluding hydrogens is 387 g/mol.